The fourth-order valence-electron chi connectivity index (χ4n) is 3.67. The van der Waals surface area contributed by atoms with Crippen molar-refractivity contribution in [1.29, 1.82) is 0 Å². The molecule has 1 fully saturated rings. The maximum atomic E-state index is 13.2. The monoisotopic (exact) mass is 410 g/mol. The molecule has 30 heavy (non-hydrogen) atoms. The summed E-state index contributed by atoms with van der Waals surface area (Å²) in [5.74, 6) is -1.13. The summed E-state index contributed by atoms with van der Waals surface area (Å²) >= 11 is 0. The van der Waals surface area contributed by atoms with Gasteiger partial charge in [0.1, 0.15) is 16.9 Å². The summed E-state index contributed by atoms with van der Waals surface area (Å²) < 4.78 is 14.0. The zero-order chi connectivity index (χ0) is 21.3. The van der Waals surface area contributed by atoms with Gasteiger partial charge in [-0.15, -0.1) is 0 Å². The number of amides is 1. The molecule has 1 aliphatic heterocycles. The lowest BCUT2D eigenvalue weighted by Gasteiger charge is -2.17. The molecule has 0 saturated carbocycles. The average Bonchev–Trinajstić information content (AvgIpc) is 3.23. The van der Waals surface area contributed by atoms with Crippen LogP contribution in [0, 0.1) is 0 Å². The highest BCUT2D eigenvalue weighted by atomic mass is 16.5. The molecule has 0 aliphatic carbocycles. The Bertz CT molecular complexity index is 1270. The van der Waals surface area contributed by atoms with Gasteiger partial charge in [-0.3, -0.25) is 14.0 Å². The molecular weight excluding hydrogens is 388 g/mol. The van der Waals surface area contributed by atoms with Gasteiger partial charge < -0.3 is 14.0 Å². The van der Waals surface area contributed by atoms with E-state index in [9.17, 15) is 14.4 Å². The molecule has 3 aromatic heterocycles. The van der Waals surface area contributed by atoms with Gasteiger partial charge in [-0.2, -0.15) is 4.99 Å². The Balaban J connectivity index is 2.12. The first kappa shape index (κ1) is 20.0. The maximum absolute atomic E-state index is 13.2. The molecule has 1 aliphatic rings. The topological polar surface area (TPSA) is 104 Å². The number of pyridine rings is 2. The van der Waals surface area contributed by atoms with E-state index < -0.39 is 11.9 Å². The third-order valence-corrected chi connectivity index (χ3v) is 4.96. The summed E-state index contributed by atoms with van der Waals surface area (Å²) in [4.78, 5) is 46.5. The van der Waals surface area contributed by atoms with Crippen molar-refractivity contribution in [3.63, 3.8) is 0 Å². The third-order valence-electron chi connectivity index (χ3n) is 4.96. The Morgan fingerprint density at radius 2 is 2.20 bits per heavy atom. The van der Waals surface area contributed by atoms with Crippen LogP contribution >= 0.6 is 0 Å². The number of ether oxygens (including phenoxy) is 2. The van der Waals surface area contributed by atoms with Gasteiger partial charge in [0.05, 0.1) is 24.6 Å². The van der Waals surface area contributed by atoms with Gasteiger partial charge in [-0.25, -0.2) is 9.78 Å². The first-order valence-corrected chi connectivity index (χ1v) is 9.88. The van der Waals surface area contributed by atoms with Gasteiger partial charge in [-0.05, 0) is 38.0 Å². The van der Waals surface area contributed by atoms with Crippen molar-refractivity contribution in [3.05, 3.63) is 51.9 Å². The van der Waals surface area contributed by atoms with E-state index in [2.05, 4.69) is 9.98 Å². The second kappa shape index (κ2) is 8.19. The molecule has 1 amide bonds. The number of nitrogens with zero attached hydrogens (tertiary/aromatic N) is 4. The summed E-state index contributed by atoms with van der Waals surface area (Å²) in [7, 11) is 0. The number of hydrogen-bond acceptors (Lipinski definition) is 6. The quantitative estimate of drug-likeness (QED) is 0.476. The molecule has 0 bridgehead atoms. The highest BCUT2D eigenvalue weighted by Gasteiger charge is 2.23. The van der Waals surface area contributed by atoms with Crippen molar-refractivity contribution in [2.45, 2.75) is 39.3 Å². The van der Waals surface area contributed by atoms with Gasteiger partial charge in [0.2, 0.25) is 5.91 Å². The van der Waals surface area contributed by atoms with E-state index >= 15 is 0 Å². The molecule has 156 valence electrons. The summed E-state index contributed by atoms with van der Waals surface area (Å²) in [6.45, 7) is 4.09. The van der Waals surface area contributed by atoms with E-state index in [-0.39, 0.29) is 34.7 Å². The van der Waals surface area contributed by atoms with E-state index in [1.807, 2.05) is 0 Å². The normalized spacial score (nSPS) is 17.0. The Morgan fingerprint density at radius 3 is 2.90 bits per heavy atom. The minimum absolute atomic E-state index is 0.0485. The number of esters is 1. The summed E-state index contributed by atoms with van der Waals surface area (Å²) in [6, 6.07) is 6.65. The van der Waals surface area contributed by atoms with Crippen LogP contribution in [0.4, 0.5) is 0 Å². The Hall–Kier alpha value is -3.33. The van der Waals surface area contributed by atoms with E-state index in [4.69, 9.17) is 9.47 Å². The van der Waals surface area contributed by atoms with Gasteiger partial charge in [0.25, 0.3) is 5.56 Å². The molecule has 0 N–H and O–H groups in total. The number of hydrogen-bond donors (Lipinski definition) is 0. The number of carbonyl (C=O) groups is 2. The van der Waals surface area contributed by atoms with Gasteiger partial charge >= 0.3 is 5.97 Å². The number of fused-ring (bicyclic) bond motifs is 2. The van der Waals surface area contributed by atoms with Crippen molar-refractivity contribution in [2.24, 2.45) is 4.99 Å². The van der Waals surface area contributed by atoms with Crippen LogP contribution < -0.4 is 11.0 Å². The van der Waals surface area contributed by atoms with Crippen LogP contribution in [0.15, 0.2) is 40.2 Å². The Morgan fingerprint density at radius 1 is 1.37 bits per heavy atom. The zero-order valence-electron chi connectivity index (χ0n) is 16.8. The first-order valence-electron chi connectivity index (χ1n) is 9.88. The van der Waals surface area contributed by atoms with Crippen molar-refractivity contribution in [3.8, 4) is 0 Å². The molecule has 1 saturated heterocycles. The molecule has 0 aromatic carbocycles. The van der Waals surface area contributed by atoms with Gasteiger partial charge in [0, 0.05) is 19.7 Å². The number of aromatic nitrogens is 3. The minimum atomic E-state index is -0.655. The highest BCUT2D eigenvalue weighted by molar-refractivity contribution is 5.93. The van der Waals surface area contributed by atoms with E-state index in [1.165, 1.54) is 17.4 Å². The lowest BCUT2D eigenvalue weighted by atomic mass is 10.2. The minimum Gasteiger partial charge on any atom is -0.462 e. The second-order valence-electron chi connectivity index (χ2n) is 7.06. The van der Waals surface area contributed by atoms with Gasteiger partial charge in [-0.1, -0.05) is 6.07 Å². The van der Waals surface area contributed by atoms with Crippen LogP contribution in [0.25, 0.3) is 16.7 Å². The molecule has 4 heterocycles. The second-order valence-corrected chi connectivity index (χ2v) is 7.06. The molecule has 0 spiro atoms. The van der Waals surface area contributed by atoms with Crippen molar-refractivity contribution in [2.75, 3.05) is 13.2 Å². The summed E-state index contributed by atoms with van der Waals surface area (Å²) in [5.41, 5.74) is 0.642. The predicted molar refractivity (Wildman–Crippen MR) is 108 cm³/mol. The van der Waals surface area contributed by atoms with Crippen LogP contribution in [0.5, 0.6) is 0 Å². The largest absolute Gasteiger partial charge is 0.462 e. The lowest BCUT2D eigenvalue weighted by molar-refractivity contribution is -0.116. The van der Waals surface area contributed by atoms with Crippen molar-refractivity contribution >= 4 is 28.6 Å². The van der Waals surface area contributed by atoms with Gasteiger partial charge in [0.15, 0.2) is 5.49 Å². The molecule has 9 heteroatoms. The van der Waals surface area contributed by atoms with Crippen LogP contribution in [0.2, 0.25) is 0 Å². The molecule has 0 radical (unpaired) electrons. The van der Waals surface area contributed by atoms with Crippen LogP contribution in [0.3, 0.4) is 0 Å². The summed E-state index contributed by atoms with van der Waals surface area (Å²) in [6.07, 6.45) is 3.22. The lowest BCUT2D eigenvalue weighted by Crippen LogP contribution is -2.35. The van der Waals surface area contributed by atoms with Crippen LogP contribution in [-0.4, -0.2) is 45.1 Å². The fraction of sp³-hybridized carbons (Fsp3) is 0.381. The smallest absolute Gasteiger partial charge is 0.341 e. The van der Waals surface area contributed by atoms with E-state index in [0.29, 0.717) is 24.4 Å². The average molecular weight is 410 g/mol. The Kier molecular flexibility index (Phi) is 5.45. The van der Waals surface area contributed by atoms with E-state index in [1.54, 1.807) is 35.9 Å². The standard InChI is InChI=1S/C21H22N4O5/c1-3-29-21(28)16-11-15-18(23-17-8-4-5-9-24(17)20(15)27)25(19(16)22-13(2)26)12-14-7-6-10-30-14/h4-5,8-9,11,14H,3,6-7,10,12H2,1-2H3/t14-/m0/s1. The molecule has 3 aromatic rings. The third kappa shape index (κ3) is 3.63. The Labute approximate surface area is 171 Å². The summed E-state index contributed by atoms with van der Waals surface area (Å²) in [5, 5.41) is 0.238. The molecular formula is C21H22N4O5. The molecule has 0 unspecified atom stereocenters. The van der Waals surface area contributed by atoms with Crippen LogP contribution in [-0.2, 0) is 20.8 Å². The molecule has 9 nitrogen and oxygen atoms in total. The molecule has 4 rings (SSSR count). The first-order chi connectivity index (χ1) is 14.5. The highest BCUT2D eigenvalue weighted by Crippen LogP contribution is 2.17. The predicted octanol–water partition coefficient (Wildman–Crippen LogP) is 1.45. The number of rotatable bonds is 4. The maximum Gasteiger partial charge on any atom is 0.341 e. The fourth-order valence-corrected chi connectivity index (χ4v) is 3.67. The number of carbonyl (C=O) groups excluding carboxylic acids is 2. The van der Waals surface area contributed by atoms with Crippen molar-refractivity contribution in [1.82, 2.24) is 14.0 Å². The van der Waals surface area contributed by atoms with E-state index in [0.717, 1.165) is 12.8 Å². The zero-order valence-corrected chi connectivity index (χ0v) is 16.8. The SMILES string of the molecule is CCOC(=O)c1cc2c(=O)n3ccccc3nc2n(C[C@@H]2CCCO2)c1=NC(C)=O. The van der Waals surface area contributed by atoms with Crippen LogP contribution in [0.1, 0.15) is 37.0 Å². The molecule has 1 atom stereocenters. The van der Waals surface area contributed by atoms with Crippen molar-refractivity contribution < 1.29 is 19.1 Å².